The molecule has 486 valence electrons. The van der Waals surface area contributed by atoms with E-state index in [1.54, 1.807) is 6.08 Å². The lowest BCUT2D eigenvalue weighted by Gasteiger charge is -2.40. The number of unbranched alkanes of at least 4 members (excludes halogenated alkanes) is 37. The quantitative estimate of drug-likeness (QED) is 0.0261. The van der Waals surface area contributed by atoms with E-state index < -0.39 is 49.5 Å². The summed E-state index contributed by atoms with van der Waals surface area (Å²) in [5.74, 6) is -0.183. The summed E-state index contributed by atoms with van der Waals surface area (Å²) in [5, 5.41) is 54.7. The molecule has 7 atom stereocenters. The number of ether oxygens (including phenoxy) is 2. The molecule has 84 heavy (non-hydrogen) atoms. The third-order valence-corrected chi connectivity index (χ3v) is 16.4. The molecule has 1 heterocycles. The number of aliphatic hydroxyl groups excluding tert-OH is 5. The summed E-state index contributed by atoms with van der Waals surface area (Å²) < 4.78 is 11.3. The minimum Gasteiger partial charge on any atom is -0.394 e. The molecule has 9 heteroatoms. The Kier molecular flexibility index (Phi) is 59.5. The fraction of sp³-hybridized carbons (Fsp3) is 0.773. The van der Waals surface area contributed by atoms with Crippen molar-refractivity contribution in [2.24, 2.45) is 0 Å². The molecule has 1 rings (SSSR count). The number of amides is 1. The summed E-state index contributed by atoms with van der Waals surface area (Å²) >= 11 is 0. The number of carbonyl (C=O) groups is 1. The number of carbonyl (C=O) groups excluding carboxylic acids is 1. The zero-order valence-electron chi connectivity index (χ0n) is 54.4. The van der Waals surface area contributed by atoms with Crippen LogP contribution in [-0.4, -0.2) is 87.5 Å². The molecule has 0 aromatic heterocycles. The minimum absolute atomic E-state index is 0.183. The molecule has 0 aromatic rings. The second kappa shape index (κ2) is 63.1. The number of hydrogen-bond donors (Lipinski definition) is 6. The Morgan fingerprint density at radius 3 is 1.14 bits per heavy atom. The SMILES string of the molecule is CC/C=C\C/C=C\C/C=C\C/C=C\C/C=C\C/C=C\CCCCCCCCCCCCCCCCCCCCCCCCC(=O)NC(COC1OC(CO)C(O)C(O)C1O)C(O)/C=C/CC/C=C/CCCCCCCCCCCCCCCC. The van der Waals surface area contributed by atoms with E-state index in [4.69, 9.17) is 9.47 Å². The van der Waals surface area contributed by atoms with Gasteiger partial charge in [0.1, 0.15) is 24.4 Å². The van der Waals surface area contributed by atoms with Crippen LogP contribution < -0.4 is 5.32 Å². The fourth-order valence-corrected chi connectivity index (χ4v) is 10.9. The van der Waals surface area contributed by atoms with E-state index in [0.29, 0.717) is 6.42 Å². The maximum absolute atomic E-state index is 13.1. The molecular weight excluding hydrogens is 1040 g/mol. The number of aliphatic hydroxyl groups is 5. The smallest absolute Gasteiger partial charge is 0.220 e. The van der Waals surface area contributed by atoms with Crippen LogP contribution in [-0.2, 0) is 14.3 Å². The average molecular weight is 1180 g/mol. The number of allylic oxidation sites excluding steroid dienone is 15. The molecule has 1 fully saturated rings. The minimum atomic E-state index is -1.57. The van der Waals surface area contributed by atoms with E-state index in [0.717, 1.165) is 77.0 Å². The van der Waals surface area contributed by atoms with Crippen molar-refractivity contribution in [2.45, 2.75) is 358 Å². The third kappa shape index (κ3) is 51.2. The second-order valence-corrected chi connectivity index (χ2v) is 24.3. The zero-order valence-corrected chi connectivity index (χ0v) is 54.4. The van der Waals surface area contributed by atoms with Gasteiger partial charge < -0.3 is 40.3 Å². The van der Waals surface area contributed by atoms with Crippen molar-refractivity contribution in [2.75, 3.05) is 13.2 Å². The predicted octanol–water partition coefficient (Wildman–Crippen LogP) is 19.5. The highest BCUT2D eigenvalue weighted by Gasteiger charge is 2.44. The van der Waals surface area contributed by atoms with Crippen molar-refractivity contribution < 1.29 is 39.8 Å². The maximum atomic E-state index is 13.1. The molecule has 0 bridgehead atoms. The molecule has 0 radical (unpaired) electrons. The molecule has 0 spiro atoms. The van der Waals surface area contributed by atoms with Crippen molar-refractivity contribution in [3.8, 4) is 0 Å². The van der Waals surface area contributed by atoms with E-state index in [1.807, 2.05) is 6.08 Å². The van der Waals surface area contributed by atoms with Gasteiger partial charge in [0.05, 0.1) is 25.4 Å². The first-order valence-electron chi connectivity index (χ1n) is 35.5. The summed E-state index contributed by atoms with van der Waals surface area (Å²) in [5.41, 5.74) is 0. The van der Waals surface area contributed by atoms with E-state index in [9.17, 15) is 30.3 Å². The lowest BCUT2D eigenvalue weighted by atomic mass is 9.99. The van der Waals surface area contributed by atoms with Crippen molar-refractivity contribution in [3.05, 3.63) is 97.2 Å². The summed E-state index contributed by atoms with van der Waals surface area (Å²) in [6.45, 7) is 3.68. The van der Waals surface area contributed by atoms with Crippen LogP contribution in [0.25, 0.3) is 0 Å². The summed E-state index contributed by atoms with van der Waals surface area (Å²) in [4.78, 5) is 13.1. The first-order valence-corrected chi connectivity index (χ1v) is 35.5. The molecule has 1 amide bonds. The Hall–Kier alpha value is -2.89. The van der Waals surface area contributed by atoms with Gasteiger partial charge in [-0.05, 0) is 83.5 Å². The van der Waals surface area contributed by atoms with Gasteiger partial charge in [-0.15, -0.1) is 0 Å². The van der Waals surface area contributed by atoms with Gasteiger partial charge in [-0.3, -0.25) is 4.79 Å². The van der Waals surface area contributed by atoms with E-state index in [2.05, 4.69) is 104 Å². The van der Waals surface area contributed by atoms with Crippen molar-refractivity contribution >= 4 is 5.91 Å². The van der Waals surface area contributed by atoms with Crippen LogP contribution in [0.2, 0.25) is 0 Å². The summed E-state index contributed by atoms with van der Waals surface area (Å²) in [7, 11) is 0. The Bertz CT molecular complexity index is 1650. The molecule has 0 saturated carbocycles. The summed E-state index contributed by atoms with van der Waals surface area (Å²) in [6, 6.07) is -0.825. The van der Waals surface area contributed by atoms with E-state index in [-0.39, 0.29) is 12.5 Å². The van der Waals surface area contributed by atoms with Gasteiger partial charge in [0.2, 0.25) is 5.91 Å². The molecule has 0 aliphatic carbocycles. The van der Waals surface area contributed by atoms with Gasteiger partial charge in [0, 0.05) is 6.42 Å². The van der Waals surface area contributed by atoms with Crippen LogP contribution in [0.3, 0.4) is 0 Å². The van der Waals surface area contributed by atoms with Crippen molar-refractivity contribution in [1.82, 2.24) is 5.32 Å². The molecule has 9 nitrogen and oxygen atoms in total. The van der Waals surface area contributed by atoms with Crippen molar-refractivity contribution in [1.29, 1.82) is 0 Å². The second-order valence-electron chi connectivity index (χ2n) is 24.3. The molecule has 6 N–H and O–H groups in total. The highest BCUT2D eigenvalue weighted by atomic mass is 16.7. The van der Waals surface area contributed by atoms with Gasteiger partial charge >= 0.3 is 0 Å². The number of hydrogen-bond acceptors (Lipinski definition) is 8. The first-order chi connectivity index (χ1) is 41.3. The Morgan fingerprint density at radius 2 is 0.750 bits per heavy atom. The van der Waals surface area contributed by atoms with Crippen LogP contribution in [0.5, 0.6) is 0 Å². The molecule has 1 aliphatic rings. The zero-order chi connectivity index (χ0) is 60.7. The van der Waals surface area contributed by atoms with Gasteiger partial charge in [0.25, 0.3) is 0 Å². The summed E-state index contributed by atoms with van der Waals surface area (Å²) in [6.07, 6.45) is 85.2. The van der Waals surface area contributed by atoms with E-state index in [1.165, 1.54) is 218 Å². The Balaban J connectivity index is 2.08. The van der Waals surface area contributed by atoms with Crippen LogP contribution >= 0.6 is 0 Å². The average Bonchev–Trinajstić information content (AvgIpc) is 3.70. The molecule has 1 saturated heterocycles. The standard InChI is InChI=1S/C75H133NO8/c1-3-5-7-9-11-13-15-17-19-21-23-25-26-27-28-29-30-31-32-33-34-35-36-37-38-39-40-41-42-43-44-45-47-49-51-53-55-57-59-61-63-65-71(79)76-68(67-83-75-74(82)73(81)72(80)70(66-77)84-75)69(78)64-62-60-58-56-54-52-50-48-46-24-22-20-18-16-14-12-10-8-6-4-2/h5,7,11,13,17,19,23,25,27-28,30-31,54,56,62,64,68-70,72-75,77-78,80-82H,3-4,6,8-10,12,14-16,18,20-22,24,26,29,32-53,55,57-61,63,65-67H2,1-2H3,(H,76,79)/b7-5-,13-11-,19-17-,25-23-,28-27-,31-30-,56-54+,64-62+. The van der Waals surface area contributed by atoms with Crippen LogP contribution in [0, 0.1) is 0 Å². The Morgan fingerprint density at radius 1 is 0.417 bits per heavy atom. The molecule has 0 aromatic carbocycles. The maximum Gasteiger partial charge on any atom is 0.220 e. The van der Waals surface area contributed by atoms with Crippen LogP contribution in [0.1, 0.15) is 316 Å². The monoisotopic (exact) mass is 1180 g/mol. The van der Waals surface area contributed by atoms with Crippen LogP contribution in [0.4, 0.5) is 0 Å². The molecule has 7 unspecified atom stereocenters. The van der Waals surface area contributed by atoms with E-state index >= 15 is 0 Å². The van der Waals surface area contributed by atoms with Gasteiger partial charge in [-0.25, -0.2) is 0 Å². The van der Waals surface area contributed by atoms with Gasteiger partial charge in [-0.1, -0.05) is 323 Å². The van der Waals surface area contributed by atoms with Crippen molar-refractivity contribution in [3.63, 3.8) is 0 Å². The normalized spacial score (nSPS) is 18.8. The lowest BCUT2D eigenvalue weighted by molar-refractivity contribution is -0.302. The first kappa shape index (κ1) is 79.1. The molecular formula is C75H133NO8. The van der Waals surface area contributed by atoms with Crippen LogP contribution in [0.15, 0.2) is 97.2 Å². The fourth-order valence-electron chi connectivity index (χ4n) is 10.9. The highest BCUT2D eigenvalue weighted by Crippen LogP contribution is 2.23. The predicted molar refractivity (Wildman–Crippen MR) is 359 cm³/mol. The molecule has 1 aliphatic heterocycles. The number of nitrogens with one attached hydrogen (secondary N) is 1. The van der Waals surface area contributed by atoms with Gasteiger partial charge in [-0.2, -0.15) is 0 Å². The number of rotatable bonds is 61. The topological polar surface area (TPSA) is 149 Å². The largest absolute Gasteiger partial charge is 0.394 e. The third-order valence-electron chi connectivity index (χ3n) is 16.4. The van der Waals surface area contributed by atoms with Gasteiger partial charge in [0.15, 0.2) is 6.29 Å². The lowest BCUT2D eigenvalue weighted by Crippen LogP contribution is -2.60. The highest BCUT2D eigenvalue weighted by molar-refractivity contribution is 5.76. The Labute approximate surface area is 517 Å².